The second-order valence-corrected chi connectivity index (χ2v) is 5.71. The van der Waals surface area contributed by atoms with Gasteiger partial charge in [-0.1, -0.05) is 17.7 Å². The van der Waals surface area contributed by atoms with Crippen molar-refractivity contribution in [2.75, 3.05) is 19.1 Å². The molecule has 0 saturated carbocycles. The van der Waals surface area contributed by atoms with E-state index in [0.717, 1.165) is 11.3 Å². The molecular weight excluding hydrogens is 316 g/mol. The van der Waals surface area contributed by atoms with E-state index < -0.39 is 6.04 Å². The van der Waals surface area contributed by atoms with Crippen molar-refractivity contribution in [1.29, 1.82) is 0 Å². The van der Waals surface area contributed by atoms with Crippen LogP contribution in [0.25, 0.3) is 0 Å². The van der Waals surface area contributed by atoms with Gasteiger partial charge in [-0.3, -0.25) is 4.79 Å². The van der Waals surface area contributed by atoms with Gasteiger partial charge in [0.2, 0.25) is 5.91 Å². The highest BCUT2D eigenvalue weighted by Gasteiger charge is 2.46. The lowest BCUT2D eigenvalue weighted by atomic mass is 9.88. The van der Waals surface area contributed by atoms with E-state index in [1.807, 2.05) is 18.2 Å². The number of methoxy groups -OCH3 is 2. The highest BCUT2D eigenvalue weighted by molar-refractivity contribution is 6.30. The molecule has 0 radical (unpaired) electrons. The first-order chi connectivity index (χ1) is 11.1. The minimum absolute atomic E-state index is 0.118. The van der Waals surface area contributed by atoms with Gasteiger partial charge in [0, 0.05) is 10.7 Å². The Labute approximate surface area is 139 Å². The van der Waals surface area contributed by atoms with Gasteiger partial charge >= 0.3 is 0 Å². The summed E-state index contributed by atoms with van der Waals surface area (Å²) in [5, 5.41) is 0.619. The first kappa shape index (κ1) is 15.6. The average Bonchev–Trinajstić information content (AvgIpc) is 2.59. The van der Waals surface area contributed by atoms with Gasteiger partial charge in [-0.25, -0.2) is 0 Å². The zero-order valence-corrected chi connectivity index (χ0v) is 13.6. The molecule has 0 aromatic heterocycles. The molecule has 23 heavy (non-hydrogen) atoms. The van der Waals surface area contributed by atoms with Crippen molar-refractivity contribution >= 4 is 23.2 Å². The lowest BCUT2D eigenvalue weighted by molar-refractivity contribution is -0.126. The Kier molecular flexibility index (Phi) is 4.15. The first-order valence-corrected chi connectivity index (χ1v) is 7.50. The van der Waals surface area contributed by atoms with Crippen LogP contribution in [0, 0.1) is 0 Å². The highest BCUT2D eigenvalue weighted by Crippen LogP contribution is 2.41. The number of rotatable bonds is 4. The molecule has 0 unspecified atom stereocenters. The van der Waals surface area contributed by atoms with Crippen molar-refractivity contribution in [3.05, 3.63) is 53.1 Å². The fraction of sp³-hybridized carbons (Fsp3) is 0.235. The maximum absolute atomic E-state index is 12.2. The monoisotopic (exact) mass is 332 g/mol. The van der Waals surface area contributed by atoms with Crippen molar-refractivity contribution in [2.45, 2.75) is 12.1 Å². The van der Waals surface area contributed by atoms with Crippen LogP contribution >= 0.6 is 11.6 Å². The van der Waals surface area contributed by atoms with E-state index in [4.69, 9.17) is 26.8 Å². The third-order valence-electron chi connectivity index (χ3n) is 3.99. The van der Waals surface area contributed by atoms with E-state index in [2.05, 4.69) is 0 Å². The van der Waals surface area contributed by atoms with E-state index in [1.165, 1.54) is 0 Å². The van der Waals surface area contributed by atoms with Crippen LogP contribution in [0.15, 0.2) is 42.5 Å². The van der Waals surface area contributed by atoms with Crippen molar-refractivity contribution in [3.8, 4) is 11.5 Å². The highest BCUT2D eigenvalue weighted by atomic mass is 35.5. The summed E-state index contributed by atoms with van der Waals surface area (Å²) in [7, 11) is 3.15. The standard InChI is InChI=1S/C17H17ClN2O3/c1-22-13-8-3-10(9-14(13)23-2)16-15(19)17(21)20(16)12-6-4-11(18)5-7-12/h3-9,15-16H,19H2,1-2H3/t15-,16-/m1/s1. The number of amides is 1. The molecule has 1 heterocycles. The van der Waals surface area contributed by atoms with E-state index in [1.54, 1.807) is 43.4 Å². The van der Waals surface area contributed by atoms with Crippen LogP contribution in [0.4, 0.5) is 5.69 Å². The van der Waals surface area contributed by atoms with Crippen LogP contribution in [0.5, 0.6) is 11.5 Å². The number of ether oxygens (including phenoxy) is 2. The van der Waals surface area contributed by atoms with Crippen LogP contribution in [0.2, 0.25) is 5.02 Å². The van der Waals surface area contributed by atoms with Crippen molar-refractivity contribution in [3.63, 3.8) is 0 Å². The predicted molar refractivity (Wildman–Crippen MR) is 89.2 cm³/mol. The molecule has 1 aliphatic heterocycles. The Morgan fingerprint density at radius 2 is 1.70 bits per heavy atom. The number of anilines is 1. The molecule has 2 aromatic rings. The largest absolute Gasteiger partial charge is 0.493 e. The van der Waals surface area contributed by atoms with E-state index in [9.17, 15) is 4.79 Å². The molecule has 5 nitrogen and oxygen atoms in total. The molecule has 2 aromatic carbocycles. The lowest BCUT2D eigenvalue weighted by Gasteiger charge is -2.45. The van der Waals surface area contributed by atoms with Gasteiger partial charge in [-0.15, -0.1) is 0 Å². The fourth-order valence-corrected chi connectivity index (χ4v) is 2.92. The summed E-state index contributed by atoms with van der Waals surface area (Å²) < 4.78 is 10.6. The van der Waals surface area contributed by atoms with Gasteiger partial charge in [-0.05, 0) is 42.0 Å². The van der Waals surface area contributed by atoms with E-state index >= 15 is 0 Å². The SMILES string of the molecule is COc1ccc([C@@H]2[C@@H](N)C(=O)N2c2ccc(Cl)cc2)cc1OC. The molecular formula is C17H17ClN2O3. The normalized spacial score (nSPS) is 20.2. The Hall–Kier alpha value is -2.24. The summed E-state index contributed by atoms with van der Waals surface area (Å²) in [6.07, 6.45) is 0. The number of β-lactam (4-membered cyclic amide) rings is 1. The van der Waals surface area contributed by atoms with Gasteiger partial charge in [0.15, 0.2) is 11.5 Å². The van der Waals surface area contributed by atoms with Gasteiger partial charge < -0.3 is 20.1 Å². The second-order valence-electron chi connectivity index (χ2n) is 5.27. The Morgan fingerprint density at radius 3 is 2.30 bits per heavy atom. The molecule has 1 fully saturated rings. The summed E-state index contributed by atoms with van der Waals surface area (Å²) >= 11 is 5.91. The predicted octanol–water partition coefficient (Wildman–Crippen LogP) is 2.77. The third-order valence-corrected chi connectivity index (χ3v) is 4.25. The molecule has 3 rings (SSSR count). The zero-order chi connectivity index (χ0) is 16.6. The minimum Gasteiger partial charge on any atom is -0.493 e. The maximum Gasteiger partial charge on any atom is 0.247 e. The maximum atomic E-state index is 12.2. The summed E-state index contributed by atoms with van der Waals surface area (Å²) in [6, 6.07) is 11.8. The molecule has 1 amide bonds. The molecule has 6 heteroatoms. The lowest BCUT2D eigenvalue weighted by Crippen LogP contribution is -2.63. The summed E-state index contributed by atoms with van der Waals surface area (Å²) in [6.45, 7) is 0. The summed E-state index contributed by atoms with van der Waals surface area (Å²) in [5.41, 5.74) is 7.69. The van der Waals surface area contributed by atoms with Gasteiger partial charge in [-0.2, -0.15) is 0 Å². The second kappa shape index (κ2) is 6.10. The van der Waals surface area contributed by atoms with E-state index in [0.29, 0.717) is 16.5 Å². The van der Waals surface area contributed by atoms with Gasteiger partial charge in [0.1, 0.15) is 6.04 Å². The molecule has 1 aliphatic rings. The third kappa shape index (κ3) is 2.62. The average molecular weight is 333 g/mol. The quantitative estimate of drug-likeness (QED) is 0.874. The number of carbonyl (C=O) groups excluding carboxylic acids is 1. The molecule has 2 N–H and O–H groups in total. The number of benzene rings is 2. The smallest absolute Gasteiger partial charge is 0.247 e. The van der Waals surface area contributed by atoms with Crippen molar-refractivity contribution in [2.24, 2.45) is 5.73 Å². The van der Waals surface area contributed by atoms with Crippen molar-refractivity contribution in [1.82, 2.24) is 0 Å². The Morgan fingerprint density at radius 1 is 1.04 bits per heavy atom. The zero-order valence-electron chi connectivity index (χ0n) is 12.8. The molecule has 0 bridgehead atoms. The van der Waals surface area contributed by atoms with E-state index in [-0.39, 0.29) is 11.9 Å². The number of hydrogen-bond donors (Lipinski definition) is 1. The summed E-state index contributed by atoms with van der Waals surface area (Å²) in [5.74, 6) is 1.12. The fourth-order valence-electron chi connectivity index (χ4n) is 2.79. The molecule has 0 aliphatic carbocycles. The molecule has 2 atom stereocenters. The van der Waals surface area contributed by atoms with Gasteiger partial charge in [0.25, 0.3) is 0 Å². The molecule has 120 valence electrons. The van der Waals surface area contributed by atoms with Crippen LogP contribution in [0.3, 0.4) is 0 Å². The van der Waals surface area contributed by atoms with Crippen LogP contribution in [0.1, 0.15) is 11.6 Å². The Bertz CT molecular complexity index is 733. The summed E-state index contributed by atoms with van der Waals surface area (Å²) in [4.78, 5) is 13.9. The first-order valence-electron chi connectivity index (χ1n) is 7.13. The number of carbonyl (C=O) groups is 1. The number of hydrogen-bond acceptors (Lipinski definition) is 4. The molecule has 0 spiro atoms. The Balaban J connectivity index is 1.97. The van der Waals surface area contributed by atoms with Crippen LogP contribution in [-0.2, 0) is 4.79 Å². The van der Waals surface area contributed by atoms with Gasteiger partial charge in [0.05, 0.1) is 20.3 Å². The number of halogens is 1. The minimum atomic E-state index is -0.580. The topological polar surface area (TPSA) is 64.8 Å². The number of nitrogens with zero attached hydrogens (tertiary/aromatic N) is 1. The molecule has 1 saturated heterocycles. The van der Waals surface area contributed by atoms with Crippen LogP contribution < -0.4 is 20.1 Å². The van der Waals surface area contributed by atoms with Crippen molar-refractivity contribution < 1.29 is 14.3 Å². The number of nitrogens with two attached hydrogens (primary N) is 1. The van der Waals surface area contributed by atoms with Crippen LogP contribution in [-0.4, -0.2) is 26.2 Å².